The van der Waals surface area contributed by atoms with Crippen molar-refractivity contribution in [3.63, 3.8) is 0 Å². The smallest absolute Gasteiger partial charge is 0.260 e. The summed E-state index contributed by atoms with van der Waals surface area (Å²) in [6.07, 6.45) is 3.40. The lowest BCUT2D eigenvalue weighted by Gasteiger charge is -2.08. The summed E-state index contributed by atoms with van der Waals surface area (Å²) >= 11 is 1.31. The number of anilines is 1. The lowest BCUT2D eigenvalue weighted by Crippen LogP contribution is -2.13. The van der Waals surface area contributed by atoms with E-state index in [1.165, 1.54) is 23.5 Å². The van der Waals surface area contributed by atoms with Gasteiger partial charge in [0.1, 0.15) is 5.82 Å². The fraction of sp³-hybridized carbons (Fsp3) is 0.118. The van der Waals surface area contributed by atoms with E-state index in [0.717, 1.165) is 22.4 Å². The molecule has 4 nitrogen and oxygen atoms in total. The maximum absolute atomic E-state index is 14.1. The van der Waals surface area contributed by atoms with Gasteiger partial charge in [-0.1, -0.05) is 6.07 Å². The molecule has 1 amide bonds. The normalized spacial score (nSPS) is 10.6. The molecule has 0 radical (unpaired) electrons. The van der Waals surface area contributed by atoms with Crippen LogP contribution in [0.1, 0.15) is 21.6 Å². The number of benzene rings is 1. The van der Waals surface area contributed by atoms with Gasteiger partial charge in [-0.05, 0) is 43.2 Å². The van der Waals surface area contributed by atoms with E-state index in [2.05, 4.69) is 15.3 Å². The molecule has 23 heavy (non-hydrogen) atoms. The van der Waals surface area contributed by atoms with Crippen LogP contribution in [-0.4, -0.2) is 15.9 Å². The van der Waals surface area contributed by atoms with Gasteiger partial charge in [-0.15, -0.1) is 11.3 Å². The van der Waals surface area contributed by atoms with Gasteiger partial charge in [-0.2, -0.15) is 0 Å². The molecule has 0 aliphatic rings. The number of nitrogens with one attached hydrogen (secondary N) is 1. The van der Waals surface area contributed by atoms with Crippen molar-refractivity contribution in [2.45, 2.75) is 13.8 Å². The van der Waals surface area contributed by atoms with E-state index < -0.39 is 11.7 Å². The number of carbonyl (C=O) groups excluding carboxylic acids is 1. The van der Waals surface area contributed by atoms with E-state index in [1.807, 2.05) is 25.3 Å². The second kappa shape index (κ2) is 6.26. The highest BCUT2D eigenvalue weighted by molar-refractivity contribution is 7.13. The van der Waals surface area contributed by atoms with E-state index in [1.54, 1.807) is 18.5 Å². The van der Waals surface area contributed by atoms with Gasteiger partial charge in [0.25, 0.3) is 5.91 Å². The zero-order valence-electron chi connectivity index (χ0n) is 12.6. The number of rotatable bonds is 3. The summed E-state index contributed by atoms with van der Waals surface area (Å²) in [5.74, 6) is -1.08. The maximum Gasteiger partial charge on any atom is 0.260 e. The third-order valence-corrected chi connectivity index (χ3v) is 4.28. The van der Waals surface area contributed by atoms with Gasteiger partial charge in [0.2, 0.25) is 0 Å². The van der Waals surface area contributed by atoms with Gasteiger partial charge < -0.3 is 0 Å². The topological polar surface area (TPSA) is 54.9 Å². The number of halogens is 1. The maximum atomic E-state index is 14.1. The van der Waals surface area contributed by atoms with Crippen LogP contribution in [-0.2, 0) is 0 Å². The fourth-order valence-electron chi connectivity index (χ4n) is 2.21. The predicted octanol–water partition coefficient (Wildman–Crippen LogP) is 4.21. The molecule has 116 valence electrons. The zero-order chi connectivity index (χ0) is 16.4. The molecular formula is C17H14FN3OS. The molecule has 2 heterocycles. The van der Waals surface area contributed by atoms with Gasteiger partial charge in [0.15, 0.2) is 5.13 Å². The Morgan fingerprint density at radius 3 is 2.78 bits per heavy atom. The molecule has 0 fully saturated rings. The summed E-state index contributed by atoms with van der Waals surface area (Å²) in [6.45, 7) is 3.77. The molecule has 0 aliphatic heterocycles. The molecule has 0 bridgehead atoms. The third kappa shape index (κ3) is 3.27. The summed E-state index contributed by atoms with van der Waals surface area (Å²) in [6, 6.07) is 6.35. The first-order valence-corrected chi connectivity index (χ1v) is 7.86. The average Bonchev–Trinajstić information content (AvgIpc) is 2.93. The Balaban J connectivity index is 1.94. The van der Waals surface area contributed by atoms with Crippen molar-refractivity contribution < 1.29 is 9.18 Å². The van der Waals surface area contributed by atoms with Crippen LogP contribution >= 0.6 is 11.3 Å². The summed E-state index contributed by atoms with van der Waals surface area (Å²) in [5.41, 5.74) is 3.42. The molecule has 3 rings (SSSR count). The highest BCUT2D eigenvalue weighted by atomic mass is 32.1. The van der Waals surface area contributed by atoms with E-state index >= 15 is 0 Å². The van der Waals surface area contributed by atoms with Gasteiger partial charge in [0, 0.05) is 23.3 Å². The molecule has 1 aromatic carbocycles. The minimum absolute atomic E-state index is 0.0152. The quantitative estimate of drug-likeness (QED) is 0.784. The number of hydrogen-bond acceptors (Lipinski definition) is 4. The monoisotopic (exact) mass is 327 g/mol. The van der Waals surface area contributed by atoms with Crippen LogP contribution in [0.5, 0.6) is 0 Å². The largest absolute Gasteiger partial charge is 0.298 e. The van der Waals surface area contributed by atoms with Crippen molar-refractivity contribution in [2.75, 3.05) is 5.32 Å². The van der Waals surface area contributed by atoms with Crippen molar-refractivity contribution in [2.24, 2.45) is 0 Å². The molecule has 6 heteroatoms. The molecular weight excluding hydrogens is 313 g/mol. The van der Waals surface area contributed by atoms with Gasteiger partial charge in [-0.25, -0.2) is 9.37 Å². The third-order valence-electron chi connectivity index (χ3n) is 3.40. The number of carbonyl (C=O) groups is 1. The van der Waals surface area contributed by atoms with Gasteiger partial charge in [-0.3, -0.25) is 15.1 Å². The Morgan fingerprint density at radius 2 is 2.09 bits per heavy atom. The summed E-state index contributed by atoms with van der Waals surface area (Å²) in [5, 5.41) is 4.90. The second-order valence-corrected chi connectivity index (χ2v) is 5.99. The molecule has 0 aliphatic carbocycles. The van der Waals surface area contributed by atoms with Crippen LogP contribution in [0.3, 0.4) is 0 Å². The number of aromatic nitrogens is 2. The fourth-order valence-corrected chi connectivity index (χ4v) is 2.89. The van der Waals surface area contributed by atoms with E-state index in [9.17, 15) is 9.18 Å². The first kappa shape index (κ1) is 15.3. The van der Waals surface area contributed by atoms with E-state index in [4.69, 9.17) is 0 Å². The zero-order valence-corrected chi connectivity index (χ0v) is 13.4. The average molecular weight is 327 g/mol. The Kier molecular flexibility index (Phi) is 4.16. The molecule has 3 aromatic rings. The van der Waals surface area contributed by atoms with Crippen molar-refractivity contribution in [3.05, 3.63) is 64.7 Å². The SMILES string of the molecule is Cc1csc(NC(=O)c2cc(-c3cnccc3C)ccc2F)n1. The van der Waals surface area contributed by atoms with Crippen LogP contribution in [0, 0.1) is 19.7 Å². The minimum Gasteiger partial charge on any atom is -0.298 e. The first-order valence-electron chi connectivity index (χ1n) is 6.98. The number of thiazole rings is 1. The number of hydrogen-bond donors (Lipinski definition) is 1. The lowest BCUT2D eigenvalue weighted by molar-refractivity contribution is 0.102. The summed E-state index contributed by atoms with van der Waals surface area (Å²) in [7, 11) is 0. The molecule has 1 N–H and O–H groups in total. The van der Waals surface area contributed by atoms with Crippen LogP contribution in [0.4, 0.5) is 9.52 Å². The predicted molar refractivity (Wildman–Crippen MR) is 89.2 cm³/mol. The second-order valence-electron chi connectivity index (χ2n) is 5.13. The number of nitrogens with zero attached hydrogens (tertiary/aromatic N) is 2. The first-order chi connectivity index (χ1) is 11.0. The Hall–Kier alpha value is -2.60. The highest BCUT2D eigenvalue weighted by Gasteiger charge is 2.15. The molecule has 0 saturated heterocycles. The van der Waals surface area contributed by atoms with Crippen LogP contribution in [0.25, 0.3) is 11.1 Å². The Labute approximate surface area is 137 Å². The number of aryl methyl sites for hydroxylation is 2. The van der Waals surface area contributed by atoms with Crippen LogP contribution < -0.4 is 5.32 Å². The summed E-state index contributed by atoms with van der Waals surface area (Å²) < 4.78 is 14.1. The Morgan fingerprint density at radius 1 is 1.26 bits per heavy atom. The number of pyridine rings is 1. The van der Waals surface area contributed by atoms with Crippen LogP contribution in [0.2, 0.25) is 0 Å². The van der Waals surface area contributed by atoms with Gasteiger partial charge in [0.05, 0.1) is 11.3 Å². The molecule has 0 unspecified atom stereocenters. The van der Waals surface area contributed by atoms with Gasteiger partial charge >= 0.3 is 0 Å². The van der Waals surface area contributed by atoms with Crippen molar-refractivity contribution in [1.29, 1.82) is 0 Å². The molecule has 0 spiro atoms. The standard InChI is InChI=1S/C17H14FN3OS/c1-10-5-6-19-8-14(10)12-3-4-15(18)13(7-12)16(22)21-17-20-11(2)9-23-17/h3-9H,1-2H3,(H,20,21,22). The van der Waals surface area contributed by atoms with Crippen molar-refractivity contribution in [3.8, 4) is 11.1 Å². The van der Waals surface area contributed by atoms with Crippen LogP contribution in [0.15, 0.2) is 42.0 Å². The van der Waals surface area contributed by atoms with Crippen molar-refractivity contribution >= 4 is 22.4 Å². The molecule has 0 saturated carbocycles. The number of amides is 1. The van der Waals surface area contributed by atoms with Crippen molar-refractivity contribution in [1.82, 2.24) is 9.97 Å². The van der Waals surface area contributed by atoms with E-state index in [0.29, 0.717) is 5.13 Å². The molecule has 2 aromatic heterocycles. The lowest BCUT2D eigenvalue weighted by atomic mass is 10.0. The summed E-state index contributed by atoms with van der Waals surface area (Å²) in [4.78, 5) is 20.6. The Bertz CT molecular complexity index is 876. The molecule has 0 atom stereocenters. The van der Waals surface area contributed by atoms with E-state index in [-0.39, 0.29) is 5.56 Å². The minimum atomic E-state index is -0.568. The highest BCUT2D eigenvalue weighted by Crippen LogP contribution is 2.25.